The Morgan fingerprint density at radius 2 is 1.50 bits per heavy atom. The molecule has 11 heteroatoms. The van der Waals surface area contributed by atoms with Gasteiger partial charge in [-0.05, 0) is 120 Å². The van der Waals surface area contributed by atoms with Gasteiger partial charge in [-0.15, -0.1) is 0 Å². The zero-order chi connectivity index (χ0) is 27.3. The lowest BCUT2D eigenvalue weighted by Crippen LogP contribution is -2.40. The van der Waals surface area contributed by atoms with Crippen LogP contribution in [0.25, 0.3) is 0 Å². The van der Waals surface area contributed by atoms with Crippen LogP contribution in [-0.4, -0.2) is 89.1 Å². The summed E-state index contributed by atoms with van der Waals surface area (Å²) in [4.78, 5) is 2.38. The lowest BCUT2D eigenvalue weighted by atomic mass is 9.78. The summed E-state index contributed by atoms with van der Waals surface area (Å²) in [6, 6.07) is 3.74. The maximum atomic E-state index is 14.1. The normalized spacial score (nSPS) is 23.0. The van der Waals surface area contributed by atoms with Crippen LogP contribution in [0.3, 0.4) is 0 Å². The summed E-state index contributed by atoms with van der Waals surface area (Å²) in [5.74, 6) is -0.364. The quantitative estimate of drug-likeness (QED) is 0.461. The molecule has 0 saturated carbocycles. The summed E-state index contributed by atoms with van der Waals surface area (Å²) < 4.78 is 79.1. The van der Waals surface area contributed by atoms with Crippen molar-refractivity contribution in [3.8, 4) is 0 Å². The van der Waals surface area contributed by atoms with Crippen molar-refractivity contribution < 1.29 is 25.6 Å². The van der Waals surface area contributed by atoms with Crippen LogP contribution in [0.1, 0.15) is 62.8 Å². The van der Waals surface area contributed by atoms with Crippen LogP contribution in [0.4, 0.5) is 8.78 Å². The molecule has 7 nitrogen and oxygen atoms in total. The first kappa shape index (κ1) is 29.8. The van der Waals surface area contributed by atoms with Gasteiger partial charge in [-0.1, -0.05) is 0 Å². The molecule has 1 aromatic carbocycles. The Morgan fingerprint density at radius 3 is 2.08 bits per heavy atom. The van der Waals surface area contributed by atoms with Crippen molar-refractivity contribution in [3.63, 3.8) is 0 Å². The molecule has 0 spiro atoms. The molecule has 216 valence electrons. The number of hydrogen-bond donors (Lipinski definition) is 1. The van der Waals surface area contributed by atoms with Gasteiger partial charge in [0.15, 0.2) is 9.84 Å². The van der Waals surface area contributed by atoms with Gasteiger partial charge >= 0.3 is 0 Å². The van der Waals surface area contributed by atoms with E-state index in [-0.39, 0.29) is 22.8 Å². The van der Waals surface area contributed by atoms with E-state index in [1.54, 1.807) is 0 Å². The topological polar surface area (TPSA) is 86.8 Å². The van der Waals surface area contributed by atoms with Crippen molar-refractivity contribution >= 4 is 19.9 Å². The molecule has 0 unspecified atom stereocenters. The van der Waals surface area contributed by atoms with Crippen molar-refractivity contribution in [2.75, 3.05) is 57.8 Å². The van der Waals surface area contributed by atoms with Crippen LogP contribution in [0.5, 0.6) is 0 Å². The minimum atomic E-state index is -3.24. The van der Waals surface area contributed by atoms with Crippen LogP contribution < -0.4 is 5.32 Å². The first-order valence-electron chi connectivity index (χ1n) is 14.1. The van der Waals surface area contributed by atoms with Crippen molar-refractivity contribution in [3.05, 3.63) is 35.4 Å². The van der Waals surface area contributed by atoms with Crippen LogP contribution in [0.2, 0.25) is 0 Å². The van der Waals surface area contributed by atoms with Crippen LogP contribution in [-0.2, 0) is 19.9 Å². The molecule has 3 aliphatic rings. The number of sulfone groups is 1. The number of likely N-dealkylation sites (tertiary alicyclic amines) is 1. The number of benzene rings is 1. The fourth-order valence-electron chi connectivity index (χ4n) is 6.55. The average molecular weight is 576 g/mol. The third kappa shape index (κ3) is 8.19. The number of nitrogens with one attached hydrogen (secondary N) is 1. The molecular formula is C27H43F2N3O4S2. The molecule has 38 heavy (non-hydrogen) atoms. The largest absolute Gasteiger partial charge is 0.317 e. The molecule has 4 rings (SSSR count). The number of hydrogen-bond acceptors (Lipinski definition) is 6. The Labute approximate surface area is 227 Å². The summed E-state index contributed by atoms with van der Waals surface area (Å²) in [6.07, 6.45) is 7.40. The maximum Gasteiger partial charge on any atom is 0.211 e. The lowest BCUT2D eigenvalue weighted by Gasteiger charge is -2.37. The summed E-state index contributed by atoms with van der Waals surface area (Å²) in [7, 11) is -6.28. The van der Waals surface area contributed by atoms with Gasteiger partial charge in [0, 0.05) is 19.2 Å². The van der Waals surface area contributed by atoms with E-state index < -0.39 is 31.5 Å². The molecule has 1 aromatic rings. The molecule has 0 aromatic heterocycles. The predicted octanol–water partition coefficient (Wildman–Crippen LogP) is 3.38. The fourth-order valence-corrected chi connectivity index (χ4v) is 9.37. The highest BCUT2D eigenvalue weighted by Crippen LogP contribution is 2.37. The third-order valence-electron chi connectivity index (χ3n) is 8.92. The summed E-state index contributed by atoms with van der Waals surface area (Å²) in [5, 5.41) is 3.03. The number of halogens is 2. The second kappa shape index (κ2) is 13.0. The van der Waals surface area contributed by atoms with Gasteiger partial charge < -0.3 is 10.2 Å². The van der Waals surface area contributed by atoms with E-state index in [1.807, 2.05) is 0 Å². The van der Waals surface area contributed by atoms with Gasteiger partial charge in [0.25, 0.3) is 0 Å². The molecule has 0 aliphatic carbocycles. The van der Waals surface area contributed by atoms with Gasteiger partial charge in [-0.3, -0.25) is 0 Å². The Balaban J connectivity index is 1.30. The zero-order valence-corrected chi connectivity index (χ0v) is 24.1. The molecule has 3 aliphatic heterocycles. The fraction of sp³-hybridized carbons (Fsp3) is 0.778. The van der Waals surface area contributed by atoms with Gasteiger partial charge in [0.05, 0.1) is 17.3 Å². The van der Waals surface area contributed by atoms with E-state index in [0.717, 1.165) is 64.5 Å². The number of nitrogens with zero attached hydrogens (tertiary/aromatic N) is 2. The van der Waals surface area contributed by atoms with Crippen molar-refractivity contribution in [2.45, 2.75) is 62.5 Å². The van der Waals surface area contributed by atoms with Gasteiger partial charge in [0.2, 0.25) is 10.0 Å². The highest BCUT2D eigenvalue weighted by molar-refractivity contribution is 7.92. The van der Waals surface area contributed by atoms with E-state index in [0.29, 0.717) is 50.3 Å². The molecule has 1 N–H and O–H groups in total. The molecule has 0 amide bonds. The minimum Gasteiger partial charge on any atom is -0.317 e. The molecule has 0 radical (unpaired) electrons. The monoisotopic (exact) mass is 575 g/mol. The molecule has 3 heterocycles. The Hall–Kier alpha value is -1.14. The molecule has 3 fully saturated rings. The Kier molecular flexibility index (Phi) is 10.2. The minimum absolute atomic E-state index is 0.0465. The first-order chi connectivity index (χ1) is 18.0. The maximum absolute atomic E-state index is 14.1. The number of piperidine rings is 3. The van der Waals surface area contributed by atoms with E-state index in [1.165, 1.54) is 22.7 Å². The van der Waals surface area contributed by atoms with Gasteiger partial charge in [-0.25, -0.2) is 29.9 Å². The van der Waals surface area contributed by atoms with Crippen molar-refractivity contribution in [2.24, 2.45) is 11.8 Å². The molecule has 3 saturated heterocycles. The molecular weight excluding hydrogens is 532 g/mol. The lowest BCUT2D eigenvalue weighted by molar-refractivity contribution is 0.164. The standard InChI is InChI=1S/C27H43F2N3O4S2/c1-37(33,34)32-15-6-22(7-16-32)27(23-18-24(28)20-25(29)19-23)8-14-31-12-4-21(5-13-31)9-17-38(35,36)26-2-10-30-11-3-26/h18-22,26-27,30H,2-17H2,1H3/t27-/m1/s1. The average Bonchev–Trinajstić information content (AvgIpc) is 2.88. The molecule has 0 bridgehead atoms. The Bertz CT molecular complexity index is 1110. The van der Waals surface area contributed by atoms with E-state index in [9.17, 15) is 25.6 Å². The third-order valence-corrected chi connectivity index (χ3v) is 12.5. The summed E-state index contributed by atoms with van der Waals surface area (Å²) in [5.41, 5.74) is 0.651. The summed E-state index contributed by atoms with van der Waals surface area (Å²) in [6.45, 7) is 5.02. The highest BCUT2D eigenvalue weighted by Gasteiger charge is 2.32. The van der Waals surface area contributed by atoms with Crippen molar-refractivity contribution in [1.82, 2.24) is 14.5 Å². The summed E-state index contributed by atoms with van der Waals surface area (Å²) >= 11 is 0. The number of sulfonamides is 1. The van der Waals surface area contributed by atoms with Crippen LogP contribution in [0, 0.1) is 23.5 Å². The second-order valence-electron chi connectivity index (χ2n) is 11.5. The SMILES string of the molecule is CS(=O)(=O)N1CCC([C@@H](CCN2CCC(CCS(=O)(=O)C3CCNCC3)CC2)c2cc(F)cc(F)c2)CC1. The smallest absolute Gasteiger partial charge is 0.211 e. The second-order valence-corrected chi connectivity index (χ2v) is 15.9. The van der Waals surface area contributed by atoms with E-state index >= 15 is 0 Å². The Morgan fingerprint density at radius 1 is 0.895 bits per heavy atom. The zero-order valence-electron chi connectivity index (χ0n) is 22.5. The number of rotatable bonds is 10. The van der Waals surface area contributed by atoms with Gasteiger partial charge in [0.1, 0.15) is 11.6 Å². The van der Waals surface area contributed by atoms with E-state index in [2.05, 4.69) is 10.2 Å². The molecule has 1 atom stereocenters. The van der Waals surface area contributed by atoms with Crippen molar-refractivity contribution in [1.29, 1.82) is 0 Å². The highest BCUT2D eigenvalue weighted by atomic mass is 32.2. The van der Waals surface area contributed by atoms with E-state index in [4.69, 9.17) is 0 Å². The van der Waals surface area contributed by atoms with Crippen LogP contribution >= 0.6 is 0 Å². The van der Waals surface area contributed by atoms with Gasteiger partial charge in [-0.2, -0.15) is 0 Å². The first-order valence-corrected chi connectivity index (χ1v) is 17.6. The van der Waals surface area contributed by atoms with Crippen LogP contribution in [0.15, 0.2) is 18.2 Å². The predicted molar refractivity (Wildman–Crippen MR) is 146 cm³/mol.